The van der Waals surface area contributed by atoms with E-state index < -0.39 is 6.03 Å². The molecule has 0 atom stereocenters. The van der Waals surface area contributed by atoms with Crippen LogP contribution < -0.4 is 20.3 Å². The van der Waals surface area contributed by atoms with Gasteiger partial charge in [0.1, 0.15) is 5.75 Å². The monoisotopic (exact) mass is 485 g/mol. The second-order valence-electron chi connectivity index (χ2n) is 7.36. The second kappa shape index (κ2) is 11.7. The van der Waals surface area contributed by atoms with Crippen molar-refractivity contribution < 1.29 is 9.53 Å². The summed E-state index contributed by atoms with van der Waals surface area (Å²) in [5, 5.41) is 7.60. The highest BCUT2D eigenvalue weighted by Gasteiger charge is 2.14. The number of unbranched alkanes of at least 4 members (excludes halogenated alkanes) is 1. The summed E-state index contributed by atoms with van der Waals surface area (Å²) in [6.07, 6.45) is 2.11. The standard InChI is InChI=1S/C24H28ClN5O2S/c1-5-6-14-30-16(2)17(3)33-24(30)27-22(20-15-18(25)12-13-21(20)32-4)28-29-23(31)26-19-10-8-7-9-11-19/h7-13,15H,5-6,14H2,1-4H3,(H2,26,29,31)/b27-24-,28-22?. The van der Waals surface area contributed by atoms with Gasteiger partial charge >= 0.3 is 6.03 Å². The van der Waals surface area contributed by atoms with Gasteiger partial charge in [-0.3, -0.25) is 0 Å². The zero-order chi connectivity index (χ0) is 23.8. The minimum absolute atomic E-state index is 0.295. The van der Waals surface area contributed by atoms with Crippen molar-refractivity contribution in [3.05, 3.63) is 74.5 Å². The molecule has 7 nitrogen and oxygen atoms in total. The van der Waals surface area contributed by atoms with E-state index in [2.05, 4.69) is 41.2 Å². The molecule has 3 rings (SSSR count). The predicted molar refractivity (Wildman–Crippen MR) is 135 cm³/mol. The van der Waals surface area contributed by atoms with Crippen molar-refractivity contribution >= 4 is 40.5 Å². The number of hydrazone groups is 1. The molecule has 0 saturated carbocycles. The largest absolute Gasteiger partial charge is 0.496 e. The third-order valence-electron chi connectivity index (χ3n) is 5.02. The smallest absolute Gasteiger partial charge is 0.339 e. The maximum Gasteiger partial charge on any atom is 0.339 e. The Kier molecular flexibility index (Phi) is 8.68. The Balaban J connectivity index is 2.04. The van der Waals surface area contributed by atoms with E-state index in [0.29, 0.717) is 27.9 Å². The minimum Gasteiger partial charge on any atom is -0.496 e. The van der Waals surface area contributed by atoms with Crippen LogP contribution in [0.15, 0.2) is 58.6 Å². The van der Waals surface area contributed by atoms with Gasteiger partial charge in [-0.2, -0.15) is 10.1 Å². The fourth-order valence-corrected chi connectivity index (χ4v) is 4.31. The van der Waals surface area contributed by atoms with Gasteiger partial charge in [0.05, 0.1) is 12.7 Å². The summed E-state index contributed by atoms with van der Waals surface area (Å²) < 4.78 is 7.69. The van der Waals surface area contributed by atoms with E-state index in [9.17, 15) is 4.79 Å². The first kappa shape index (κ1) is 24.5. The quantitative estimate of drug-likeness (QED) is 0.255. The molecule has 0 aliphatic heterocycles. The lowest BCUT2D eigenvalue weighted by molar-refractivity contribution is 0.252. The van der Waals surface area contributed by atoms with Crippen LogP contribution in [0, 0.1) is 13.8 Å². The highest BCUT2D eigenvalue weighted by molar-refractivity contribution is 7.09. The molecule has 2 N–H and O–H groups in total. The number of para-hydroxylation sites is 1. The van der Waals surface area contributed by atoms with Crippen LogP contribution in [-0.4, -0.2) is 23.5 Å². The van der Waals surface area contributed by atoms with Gasteiger partial charge in [0.15, 0.2) is 10.6 Å². The normalized spacial score (nSPS) is 12.0. The number of anilines is 1. The first-order chi connectivity index (χ1) is 15.9. The molecule has 33 heavy (non-hydrogen) atoms. The number of benzene rings is 2. The molecule has 174 valence electrons. The average Bonchev–Trinajstić information content (AvgIpc) is 3.08. The maximum atomic E-state index is 12.5. The van der Waals surface area contributed by atoms with E-state index in [4.69, 9.17) is 21.3 Å². The van der Waals surface area contributed by atoms with Gasteiger partial charge in [0, 0.05) is 27.8 Å². The van der Waals surface area contributed by atoms with Crippen molar-refractivity contribution in [2.24, 2.45) is 10.1 Å². The lowest BCUT2D eigenvalue weighted by Gasteiger charge is -2.10. The van der Waals surface area contributed by atoms with Gasteiger partial charge in [0.25, 0.3) is 0 Å². The number of rotatable bonds is 7. The van der Waals surface area contributed by atoms with Crippen LogP contribution in [0.25, 0.3) is 0 Å². The molecule has 1 aromatic heterocycles. The number of hydrogen-bond acceptors (Lipinski definition) is 4. The molecule has 9 heteroatoms. The molecule has 0 spiro atoms. The van der Waals surface area contributed by atoms with Crippen LogP contribution in [0.4, 0.5) is 10.5 Å². The first-order valence-electron chi connectivity index (χ1n) is 10.7. The number of hydrogen-bond donors (Lipinski definition) is 2. The van der Waals surface area contributed by atoms with Gasteiger partial charge in [-0.25, -0.2) is 10.2 Å². The Morgan fingerprint density at radius 2 is 1.94 bits per heavy atom. The molecular weight excluding hydrogens is 458 g/mol. The van der Waals surface area contributed by atoms with Gasteiger partial charge < -0.3 is 14.6 Å². The Bertz CT molecular complexity index is 1200. The van der Waals surface area contributed by atoms with Crippen molar-refractivity contribution in [1.82, 2.24) is 9.99 Å². The summed E-state index contributed by atoms with van der Waals surface area (Å²) in [5.41, 5.74) is 4.95. The van der Waals surface area contributed by atoms with E-state index in [1.807, 2.05) is 18.2 Å². The molecule has 2 amide bonds. The van der Waals surface area contributed by atoms with Crippen molar-refractivity contribution in [1.29, 1.82) is 0 Å². The molecule has 0 aliphatic rings. The number of aryl methyl sites for hydroxylation is 1. The Morgan fingerprint density at radius 3 is 2.64 bits per heavy atom. The third-order valence-corrected chi connectivity index (χ3v) is 6.35. The molecule has 3 aromatic rings. The van der Waals surface area contributed by atoms with E-state index in [1.54, 1.807) is 48.8 Å². The van der Waals surface area contributed by atoms with Crippen LogP contribution in [0.5, 0.6) is 5.75 Å². The number of urea groups is 1. The van der Waals surface area contributed by atoms with E-state index >= 15 is 0 Å². The molecular formula is C24H28ClN5O2S. The summed E-state index contributed by atoms with van der Waals surface area (Å²) in [6, 6.07) is 13.9. The first-order valence-corrected chi connectivity index (χ1v) is 11.9. The SMILES string of the molecule is CCCCn1c(C)c(C)s/c1=N\C(=NNC(=O)Nc1ccccc1)c1cc(Cl)ccc1OC. The van der Waals surface area contributed by atoms with Crippen LogP contribution in [0.3, 0.4) is 0 Å². The number of aromatic nitrogens is 1. The predicted octanol–water partition coefficient (Wildman–Crippen LogP) is 5.71. The summed E-state index contributed by atoms with van der Waals surface area (Å²) in [7, 11) is 1.57. The number of carbonyl (C=O) groups is 1. The number of amides is 2. The second-order valence-corrected chi connectivity index (χ2v) is 8.97. The highest BCUT2D eigenvalue weighted by Crippen LogP contribution is 2.24. The Hall–Kier alpha value is -3.10. The summed E-state index contributed by atoms with van der Waals surface area (Å²) >= 11 is 7.85. The van der Waals surface area contributed by atoms with Crippen LogP contribution in [0.2, 0.25) is 5.02 Å². The molecule has 2 aromatic carbocycles. The molecule has 0 unspecified atom stereocenters. The number of halogens is 1. The van der Waals surface area contributed by atoms with Gasteiger partial charge in [-0.15, -0.1) is 11.3 Å². The van der Waals surface area contributed by atoms with E-state index in [0.717, 1.165) is 24.2 Å². The Labute approximate surface area is 202 Å². The number of thiazole rings is 1. The molecule has 0 fully saturated rings. The summed E-state index contributed by atoms with van der Waals surface area (Å²) in [5.74, 6) is 0.848. The topological polar surface area (TPSA) is 80.0 Å². The minimum atomic E-state index is -0.479. The van der Waals surface area contributed by atoms with Gasteiger partial charge in [-0.05, 0) is 50.6 Å². The lowest BCUT2D eigenvalue weighted by atomic mass is 10.2. The van der Waals surface area contributed by atoms with Crippen LogP contribution >= 0.6 is 22.9 Å². The van der Waals surface area contributed by atoms with Crippen molar-refractivity contribution in [3.8, 4) is 5.75 Å². The molecule has 0 radical (unpaired) electrons. The molecule has 0 saturated heterocycles. The van der Waals surface area contributed by atoms with Crippen LogP contribution in [0.1, 0.15) is 35.9 Å². The fourth-order valence-electron chi connectivity index (χ4n) is 3.14. The number of methoxy groups -OCH3 is 1. The lowest BCUT2D eigenvalue weighted by Crippen LogP contribution is -2.26. The average molecular weight is 486 g/mol. The van der Waals surface area contributed by atoms with Crippen LogP contribution in [-0.2, 0) is 6.54 Å². The number of ether oxygens (including phenoxy) is 1. The zero-order valence-electron chi connectivity index (χ0n) is 19.2. The summed E-state index contributed by atoms with van der Waals surface area (Å²) in [6.45, 7) is 7.17. The van der Waals surface area contributed by atoms with E-state index in [-0.39, 0.29) is 0 Å². The summed E-state index contributed by atoms with van der Waals surface area (Å²) in [4.78, 5) is 19.3. The van der Waals surface area contributed by atoms with Gasteiger partial charge in [0.2, 0.25) is 0 Å². The molecule has 0 bridgehead atoms. The fraction of sp³-hybridized carbons (Fsp3) is 0.292. The number of nitrogens with zero attached hydrogens (tertiary/aromatic N) is 3. The number of carbonyl (C=O) groups excluding carboxylic acids is 1. The molecule has 0 aliphatic carbocycles. The number of amidine groups is 1. The third kappa shape index (κ3) is 6.46. The van der Waals surface area contributed by atoms with E-state index in [1.165, 1.54) is 10.6 Å². The maximum absolute atomic E-state index is 12.5. The highest BCUT2D eigenvalue weighted by atomic mass is 35.5. The Morgan fingerprint density at radius 1 is 1.18 bits per heavy atom. The molecule has 1 heterocycles. The van der Waals surface area contributed by atoms with Crippen molar-refractivity contribution in [3.63, 3.8) is 0 Å². The van der Waals surface area contributed by atoms with Crippen molar-refractivity contribution in [2.45, 2.75) is 40.2 Å². The zero-order valence-corrected chi connectivity index (χ0v) is 20.8. The van der Waals surface area contributed by atoms with Crippen molar-refractivity contribution in [2.75, 3.05) is 12.4 Å². The number of nitrogens with one attached hydrogen (secondary N) is 2. The van der Waals surface area contributed by atoms with Gasteiger partial charge in [-0.1, -0.05) is 43.1 Å².